The lowest BCUT2D eigenvalue weighted by Gasteiger charge is -2.32. The number of amides is 1. The molecule has 3 heterocycles. The van der Waals surface area contributed by atoms with E-state index in [9.17, 15) is 9.59 Å². The molecule has 1 aliphatic heterocycles. The van der Waals surface area contributed by atoms with Gasteiger partial charge in [-0.3, -0.25) is 19.6 Å². The molecule has 1 aromatic carbocycles. The average molecular weight is 402 g/mol. The minimum atomic E-state index is -0.0433. The first kappa shape index (κ1) is 20.2. The highest BCUT2D eigenvalue weighted by atomic mass is 16.2. The molecule has 4 rings (SSSR count). The summed E-state index contributed by atoms with van der Waals surface area (Å²) in [6.45, 7) is 5.33. The summed E-state index contributed by atoms with van der Waals surface area (Å²) in [5.74, 6) is 0.548. The van der Waals surface area contributed by atoms with Crippen molar-refractivity contribution in [2.45, 2.75) is 33.1 Å². The molecule has 1 aliphatic rings. The zero-order valence-corrected chi connectivity index (χ0v) is 17.5. The van der Waals surface area contributed by atoms with Crippen molar-refractivity contribution in [3.63, 3.8) is 0 Å². The molecular weight excluding hydrogens is 374 g/mol. The van der Waals surface area contributed by atoms with Crippen molar-refractivity contribution in [2.75, 3.05) is 13.1 Å². The van der Waals surface area contributed by atoms with E-state index < -0.39 is 0 Å². The van der Waals surface area contributed by atoms with Crippen LogP contribution < -0.4 is 0 Å². The highest BCUT2D eigenvalue weighted by Crippen LogP contribution is 2.27. The van der Waals surface area contributed by atoms with Gasteiger partial charge >= 0.3 is 0 Å². The molecule has 3 aromatic rings. The molecule has 5 nitrogen and oxygen atoms in total. The van der Waals surface area contributed by atoms with Gasteiger partial charge in [-0.25, -0.2) is 0 Å². The number of Topliss-reactive ketones (excluding diaryl/α,β-unsaturated/α-hetero) is 1. The summed E-state index contributed by atoms with van der Waals surface area (Å²) in [4.78, 5) is 36.0. The normalized spacial score (nSPS) is 16.8. The number of ketones is 1. The highest BCUT2D eigenvalue weighted by Gasteiger charge is 2.29. The van der Waals surface area contributed by atoms with Crippen molar-refractivity contribution < 1.29 is 9.59 Å². The number of fused-ring (bicyclic) bond motifs is 1. The molecule has 1 saturated heterocycles. The summed E-state index contributed by atoms with van der Waals surface area (Å²) in [6, 6.07) is 11.8. The number of nitrogens with zero attached hydrogens (tertiary/aromatic N) is 3. The number of carbonyl (C=O) groups excluding carboxylic acids is 2. The van der Waals surface area contributed by atoms with E-state index in [0.29, 0.717) is 31.0 Å². The fourth-order valence-corrected chi connectivity index (χ4v) is 4.20. The Morgan fingerprint density at radius 3 is 2.77 bits per heavy atom. The van der Waals surface area contributed by atoms with Gasteiger partial charge in [-0.05, 0) is 42.3 Å². The highest BCUT2D eigenvalue weighted by molar-refractivity contribution is 5.97. The molecule has 30 heavy (non-hydrogen) atoms. The first-order valence-electron chi connectivity index (χ1n) is 10.6. The first-order chi connectivity index (χ1) is 14.5. The zero-order chi connectivity index (χ0) is 21.1. The van der Waals surface area contributed by atoms with Crippen LogP contribution in [0.3, 0.4) is 0 Å². The minimum absolute atomic E-state index is 0.0402. The lowest BCUT2D eigenvalue weighted by molar-refractivity contribution is -0.124. The summed E-state index contributed by atoms with van der Waals surface area (Å²) in [5.41, 5.74) is 2.41. The van der Waals surface area contributed by atoms with Crippen molar-refractivity contribution >= 4 is 22.5 Å². The van der Waals surface area contributed by atoms with Gasteiger partial charge in [0.25, 0.3) is 5.91 Å². The third kappa shape index (κ3) is 4.25. The molecule has 5 heteroatoms. The van der Waals surface area contributed by atoms with E-state index in [2.05, 4.69) is 23.8 Å². The first-order valence-corrected chi connectivity index (χ1v) is 10.6. The number of hydrogen-bond donors (Lipinski definition) is 0. The average Bonchev–Trinajstić information content (AvgIpc) is 2.78. The van der Waals surface area contributed by atoms with E-state index in [-0.39, 0.29) is 17.6 Å². The predicted octanol–water partition coefficient (Wildman–Crippen LogP) is 4.76. The molecule has 0 radical (unpaired) electrons. The maximum atomic E-state index is 13.0. The zero-order valence-electron chi connectivity index (χ0n) is 17.5. The van der Waals surface area contributed by atoms with Crippen molar-refractivity contribution in [1.82, 2.24) is 14.9 Å². The standard InChI is InChI=1S/C25H27N3O2/c1-17(2)13-24(29)20-6-4-12-28(16-20)25(30)19-8-9-23(27-15-19)22-7-3-5-18-14-26-11-10-21(18)22/h3,5,7-11,14-15,17,20H,4,6,12-13,16H2,1-2H3/t20-/m0/s1. The topological polar surface area (TPSA) is 63.2 Å². The molecular formula is C25H27N3O2. The number of aromatic nitrogens is 2. The number of hydrogen-bond acceptors (Lipinski definition) is 4. The van der Waals surface area contributed by atoms with E-state index >= 15 is 0 Å². The van der Waals surface area contributed by atoms with Gasteiger partial charge in [-0.2, -0.15) is 0 Å². The lowest BCUT2D eigenvalue weighted by Crippen LogP contribution is -2.42. The second kappa shape index (κ2) is 8.74. The van der Waals surface area contributed by atoms with E-state index in [1.807, 2.05) is 47.5 Å². The summed E-state index contributed by atoms with van der Waals surface area (Å²) in [6.07, 6.45) is 7.60. The Balaban J connectivity index is 1.51. The number of piperidine rings is 1. The smallest absolute Gasteiger partial charge is 0.255 e. The second-order valence-electron chi connectivity index (χ2n) is 8.49. The van der Waals surface area contributed by atoms with E-state index in [4.69, 9.17) is 0 Å². The number of pyridine rings is 2. The molecule has 154 valence electrons. The van der Waals surface area contributed by atoms with Crippen LogP contribution in [-0.2, 0) is 4.79 Å². The van der Waals surface area contributed by atoms with Crippen molar-refractivity contribution in [3.8, 4) is 11.3 Å². The lowest BCUT2D eigenvalue weighted by atomic mass is 9.89. The van der Waals surface area contributed by atoms with Crippen LogP contribution >= 0.6 is 0 Å². The fourth-order valence-electron chi connectivity index (χ4n) is 4.20. The number of likely N-dealkylation sites (tertiary alicyclic amines) is 1. The van der Waals surface area contributed by atoms with Gasteiger partial charge in [-0.15, -0.1) is 0 Å². The summed E-state index contributed by atoms with van der Waals surface area (Å²) >= 11 is 0. The molecule has 0 bridgehead atoms. The quantitative estimate of drug-likeness (QED) is 0.618. The van der Waals surface area contributed by atoms with Crippen LogP contribution in [0, 0.1) is 11.8 Å². The second-order valence-corrected chi connectivity index (χ2v) is 8.49. The monoisotopic (exact) mass is 401 g/mol. The number of carbonyl (C=O) groups is 2. The van der Waals surface area contributed by atoms with Gasteiger partial charge in [-0.1, -0.05) is 32.0 Å². The van der Waals surface area contributed by atoms with Crippen molar-refractivity contribution in [2.24, 2.45) is 11.8 Å². The molecule has 1 fully saturated rings. The predicted molar refractivity (Wildman–Crippen MR) is 118 cm³/mol. The molecule has 0 spiro atoms. The van der Waals surface area contributed by atoms with Gasteiger partial charge in [0.1, 0.15) is 5.78 Å². The summed E-state index contributed by atoms with van der Waals surface area (Å²) in [7, 11) is 0. The molecule has 0 aliphatic carbocycles. The Labute approximate surface area is 177 Å². The summed E-state index contributed by atoms with van der Waals surface area (Å²) in [5, 5.41) is 2.14. The number of benzene rings is 1. The van der Waals surface area contributed by atoms with E-state index in [1.165, 1.54) is 0 Å². The van der Waals surface area contributed by atoms with E-state index in [1.54, 1.807) is 12.4 Å². The van der Waals surface area contributed by atoms with Gasteiger partial charge in [0, 0.05) is 55.0 Å². The van der Waals surface area contributed by atoms with Crippen LogP contribution in [0.4, 0.5) is 0 Å². The summed E-state index contributed by atoms with van der Waals surface area (Å²) < 4.78 is 0. The van der Waals surface area contributed by atoms with Gasteiger partial charge < -0.3 is 4.90 Å². The van der Waals surface area contributed by atoms with Crippen LogP contribution in [0.2, 0.25) is 0 Å². The number of rotatable bonds is 5. The molecule has 1 amide bonds. The Hall–Kier alpha value is -3.08. The van der Waals surface area contributed by atoms with Crippen LogP contribution in [-0.4, -0.2) is 39.6 Å². The molecule has 1 atom stereocenters. The van der Waals surface area contributed by atoms with Crippen LogP contribution in [0.25, 0.3) is 22.0 Å². The largest absolute Gasteiger partial charge is 0.338 e. The van der Waals surface area contributed by atoms with Gasteiger partial charge in [0.05, 0.1) is 11.3 Å². The van der Waals surface area contributed by atoms with Gasteiger partial charge in [0.2, 0.25) is 0 Å². The SMILES string of the molecule is CC(C)CC(=O)[C@H]1CCCN(C(=O)c2ccc(-c3cccc4cnccc34)nc2)C1. The maximum absolute atomic E-state index is 13.0. The third-order valence-corrected chi connectivity index (χ3v) is 5.74. The van der Waals surface area contributed by atoms with Crippen LogP contribution in [0.5, 0.6) is 0 Å². The Morgan fingerprint density at radius 1 is 1.13 bits per heavy atom. The minimum Gasteiger partial charge on any atom is -0.338 e. The Kier molecular flexibility index (Phi) is 5.88. The Morgan fingerprint density at radius 2 is 2.00 bits per heavy atom. The van der Waals surface area contributed by atoms with E-state index in [0.717, 1.165) is 34.9 Å². The Bertz CT molecular complexity index is 1050. The molecule has 0 N–H and O–H groups in total. The molecule has 0 unspecified atom stereocenters. The maximum Gasteiger partial charge on any atom is 0.255 e. The van der Waals surface area contributed by atoms with Crippen molar-refractivity contribution in [1.29, 1.82) is 0 Å². The fraction of sp³-hybridized carbons (Fsp3) is 0.360. The van der Waals surface area contributed by atoms with Crippen LogP contribution in [0.15, 0.2) is 55.0 Å². The molecule has 0 saturated carbocycles. The van der Waals surface area contributed by atoms with Gasteiger partial charge in [0.15, 0.2) is 0 Å². The van der Waals surface area contributed by atoms with Crippen LogP contribution in [0.1, 0.15) is 43.5 Å². The third-order valence-electron chi connectivity index (χ3n) is 5.74. The van der Waals surface area contributed by atoms with Crippen molar-refractivity contribution in [3.05, 3.63) is 60.6 Å². The molecule has 2 aromatic heterocycles.